The number of carbonyl (C=O) groups is 3. The largest absolute Gasteiger partial charge is 0.460 e. The molecule has 2 heterocycles. The van der Waals surface area contributed by atoms with E-state index in [0.717, 1.165) is 6.07 Å². The van der Waals surface area contributed by atoms with Crippen LogP contribution in [0.5, 0.6) is 0 Å². The Balaban J connectivity index is 1.90. The fourth-order valence-corrected chi connectivity index (χ4v) is 4.06. The van der Waals surface area contributed by atoms with Crippen molar-refractivity contribution in [3.8, 4) is 0 Å². The van der Waals surface area contributed by atoms with Crippen molar-refractivity contribution < 1.29 is 46.5 Å². The van der Waals surface area contributed by atoms with Crippen molar-refractivity contribution in [3.63, 3.8) is 0 Å². The summed E-state index contributed by atoms with van der Waals surface area (Å²) < 4.78 is 62.5. The minimum Gasteiger partial charge on any atom is -0.460 e. The molecule has 1 aliphatic rings. The molecule has 1 aromatic carbocycles. The quantitative estimate of drug-likeness (QED) is 0.268. The average Bonchev–Trinajstić information content (AvgIpc) is 2.90. The molecule has 0 amide bonds. The number of allylic oxidation sites excluding steroid dienone is 2. The molecule has 1 aromatic heterocycles. The van der Waals surface area contributed by atoms with Crippen molar-refractivity contribution in [1.82, 2.24) is 10.3 Å². The van der Waals surface area contributed by atoms with Crippen molar-refractivity contribution in [2.75, 3.05) is 33.5 Å². The predicted molar refractivity (Wildman–Crippen MR) is 131 cm³/mol. The number of benzene rings is 1. The molecule has 2 aromatic rings. The van der Waals surface area contributed by atoms with E-state index in [-0.39, 0.29) is 60.1 Å². The molecule has 0 spiro atoms. The van der Waals surface area contributed by atoms with Crippen molar-refractivity contribution in [2.45, 2.75) is 25.9 Å². The van der Waals surface area contributed by atoms with Crippen LogP contribution in [0.25, 0.3) is 0 Å². The lowest BCUT2D eigenvalue weighted by molar-refractivity contribution is -0.143. The van der Waals surface area contributed by atoms with E-state index in [1.165, 1.54) is 57.6 Å². The molecule has 0 fully saturated rings. The van der Waals surface area contributed by atoms with Crippen LogP contribution in [0.3, 0.4) is 0 Å². The summed E-state index contributed by atoms with van der Waals surface area (Å²) >= 11 is 0. The first-order valence-electron chi connectivity index (χ1n) is 11.8. The van der Waals surface area contributed by atoms with Gasteiger partial charge in [-0.3, -0.25) is 4.98 Å². The van der Waals surface area contributed by atoms with Gasteiger partial charge in [-0.25, -0.2) is 14.4 Å². The number of nitrogens with zero attached hydrogens (tertiary/aromatic N) is 1. The molecule has 1 unspecified atom stereocenters. The number of hydrogen-bond donors (Lipinski definition) is 1. The lowest BCUT2D eigenvalue weighted by Gasteiger charge is -2.31. The molecule has 0 radical (unpaired) electrons. The molecule has 0 aliphatic carbocycles. The van der Waals surface area contributed by atoms with Gasteiger partial charge in [0.1, 0.15) is 19.8 Å². The van der Waals surface area contributed by atoms with Crippen LogP contribution in [-0.4, -0.2) is 56.4 Å². The monoisotopic (exact) mass is 548 g/mol. The third-order valence-electron chi connectivity index (χ3n) is 5.74. The molecule has 12 heteroatoms. The second-order valence-electron chi connectivity index (χ2n) is 8.36. The van der Waals surface area contributed by atoms with E-state index in [9.17, 15) is 27.6 Å². The van der Waals surface area contributed by atoms with Crippen LogP contribution in [0.2, 0.25) is 0 Å². The predicted octanol–water partition coefficient (Wildman–Crippen LogP) is 3.93. The second-order valence-corrected chi connectivity index (χ2v) is 8.36. The standard InChI is InChI=1S/C27H27F3N2O7/c1-16-21(25(34)38-12-11-36-3)23(19-8-4-5-9-20(19)27(28,29)30)22(17(2)32-16)26(35)39-14-13-37-24(33)18-7-6-10-31-15-18/h4-10,15,23,32H,11-14H2,1-3H3. The third kappa shape index (κ3) is 7.23. The number of hydrogen-bond acceptors (Lipinski definition) is 9. The Morgan fingerprint density at radius 1 is 0.846 bits per heavy atom. The summed E-state index contributed by atoms with van der Waals surface area (Å²) in [5, 5.41) is 2.87. The number of carbonyl (C=O) groups excluding carboxylic acids is 3. The number of aromatic nitrogens is 1. The number of rotatable bonds is 10. The number of halogens is 3. The minimum atomic E-state index is -4.77. The van der Waals surface area contributed by atoms with Crippen molar-refractivity contribution in [1.29, 1.82) is 0 Å². The van der Waals surface area contributed by atoms with E-state index in [1.54, 1.807) is 6.07 Å². The fourth-order valence-electron chi connectivity index (χ4n) is 4.06. The third-order valence-corrected chi connectivity index (χ3v) is 5.74. The summed E-state index contributed by atoms with van der Waals surface area (Å²) in [6, 6.07) is 7.71. The van der Waals surface area contributed by atoms with Crippen LogP contribution in [-0.2, 0) is 34.7 Å². The lowest BCUT2D eigenvalue weighted by atomic mass is 9.78. The zero-order valence-electron chi connectivity index (χ0n) is 21.5. The Hall–Kier alpha value is -4.19. The van der Waals surface area contributed by atoms with E-state index < -0.39 is 35.6 Å². The SMILES string of the molecule is COCCOC(=O)C1=C(C)NC(C)=C(C(=O)OCCOC(=O)c2cccnc2)C1c1ccccc1C(F)(F)F. The molecule has 3 rings (SSSR count). The molecule has 0 bridgehead atoms. The van der Waals surface area contributed by atoms with Crippen LogP contribution in [0.1, 0.15) is 41.3 Å². The summed E-state index contributed by atoms with van der Waals surface area (Å²) in [7, 11) is 1.40. The van der Waals surface area contributed by atoms with Crippen LogP contribution < -0.4 is 5.32 Å². The Bertz CT molecular complexity index is 1270. The smallest absolute Gasteiger partial charge is 0.416 e. The lowest BCUT2D eigenvalue weighted by Crippen LogP contribution is -2.34. The molecule has 1 aliphatic heterocycles. The molecule has 1 N–H and O–H groups in total. The van der Waals surface area contributed by atoms with Crippen LogP contribution in [0, 0.1) is 0 Å². The minimum absolute atomic E-state index is 0.0663. The van der Waals surface area contributed by atoms with Gasteiger partial charge in [0.25, 0.3) is 0 Å². The maximum absolute atomic E-state index is 14.0. The van der Waals surface area contributed by atoms with Crippen molar-refractivity contribution in [3.05, 3.63) is 88.0 Å². The summed E-state index contributed by atoms with van der Waals surface area (Å²) in [5.74, 6) is -4.05. The Morgan fingerprint density at radius 2 is 1.41 bits per heavy atom. The summed E-state index contributed by atoms with van der Waals surface area (Å²) in [5.41, 5.74) is -1.12. The Morgan fingerprint density at radius 3 is 1.95 bits per heavy atom. The number of esters is 3. The van der Waals surface area contributed by atoms with Gasteiger partial charge in [-0.15, -0.1) is 0 Å². The maximum Gasteiger partial charge on any atom is 0.416 e. The first-order chi connectivity index (χ1) is 18.6. The molecule has 0 saturated heterocycles. The number of ether oxygens (including phenoxy) is 4. The van der Waals surface area contributed by atoms with Gasteiger partial charge in [0.05, 0.1) is 34.8 Å². The van der Waals surface area contributed by atoms with Crippen molar-refractivity contribution >= 4 is 17.9 Å². The highest BCUT2D eigenvalue weighted by atomic mass is 19.4. The molecule has 208 valence electrons. The molecule has 9 nitrogen and oxygen atoms in total. The number of alkyl halides is 3. The summed E-state index contributed by atoms with van der Waals surface area (Å²) in [6.07, 6.45) is -1.98. The van der Waals surface area contributed by atoms with Gasteiger partial charge < -0.3 is 24.3 Å². The Labute approximate surface area is 222 Å². The number of nitrogens with one attached hydrogen (secondary N) is 1. The van der Waals surface area contributed by atoms with Gasteiger partial charge in [0.15, 0.2) is 0 Å². The average molecular weight is 549 g/mol. The van der Waals surface area contributed by atoms with E-state index in [4.69, 9.17) is 18.9 Å². The van der Waals surface area contributed by atoms with Crippen molar-refractivity contribution in [2.24, 2.45) is 0 Å². The van der Waals surface area contributed by atoms with E-state index in [2.05, 4.69) is 10.3 Å². The van der Waals surface area contributed by atoms with Crippen LogP contribution in [0.4, 0.5) is 13.2 Å². The maximum atomic E-state index is 14.0. The second kappa shape index (κ2) is 13.1. The van der Waals surface area contributed by atoms with Crippen LogP contribution in [0.15, 0.2) is 71.3 Å². The first-order valence-corrected chi connectivity index (χ1v) is 11.8. The van der Waals surface area contributed by atoms with Gasteiger partial charge in [0, 0.05) is 30.9 Å². The van der Waals surface area contributed by atoms with E-state index >= 15 is 0 Å². The first kappa shape index (κ1) is 29.4. The van der Waals surface area contributed by atoms with Gasteiger partial charge in [-0.1, -0.05) is 18.2 Å². The van der Waals surface area contributed by atoms with Gasteiger partial charge in [-0.05, 0) is 37.6 Å². The normalized spacial score (nSPS) is 15.5. The number of methoxy groups -OCH3 is 1. The number of pyridine rings is 1. The summed E-state index contributed by atoms with van der Waals surface area (Å²) in [6.45, 7) is 2.20. The number of dihydropyridines is 1. The summed E-state index contributed by atoms with van der Waals surface area (Å²) in [4.78, 5) is 42.2. The molecular formula is C27H27F3N2O7. The van der Waals surface area contributed by atoms with Gasteiger partial charge in [-0.2, -0.15) is 13.2 Å². The molecule has 39 heavy (non-hydrogen) atoms. The van der Waals surface area contributed by atoms with E-state index in [1.807, 2.05) is 0 Å². The molecule has 1 atom stereocenters. The van der Waals surface area contributed by atoms with Gasteiger partial charge >= 0.3 is 24.1 Å². The highest BCUT2D eigenvalue weighted by Gasteiger charge is 2.43. The van der Waals surface area contributed by atoms with Crippen LogP contribution >= 0.6 is 0 Å². The Kier molecular flexibility index (Phi) is 9.83. The van der Waals surface area contributed by atoms with E-state index in [0.29, 0.717) is 0 Å². The highest BCUT2D eigenvalue weighted by Crippen LogP contribution is 2.44. The molecular weight excluding hydrogens is 521 g/mol. The zero-order chi connectivity index (χ0) is 28.6. The zero-order valence-corrected chi connectivity index (χ0v) is 21.5. The topological polar surface area (TPSA) is 113 Å². The van der Waals surface area contributed by atoms with Gasteiger partial charge in [0.2, 0.25) is 0 Å². The molecule has 0 saturated carbocycles. The fraction of sp³-hybridized carbons (Fsp3) is 0.333. The highest BCUT2D eigenvalue weighted by molar-refractivity contribution is 6.00.